The Kier molecular flexibility index (Phi) is 1.54. The lowest BCUT2D eigenvalue weighted by atomic mass is 9.95. The second-order valence-electron chi connectivity index (χ2n) is 3.04. The molecule has 60 valence electrons. The van der Waals surface area contributed by atoms with E-state index in [4.69, 9.17) is 0 Å². The van der Waals surface area contributed by atoms with Crippen LogP contribution in [0.25, 0.3) is 0 Å². The van der Waals surface area contributed by atoms with Crippen molar-refractivity contribution in [3.05, 3.63) is 35.9 Å². The first-order chi connectivity index (χ1) is 5.81. The molecule has 0 fully saturated rings. The molecule has 1 aromatic rings. The van der Waals surface area contributed by atoms with Gasteiger partial charge in [-0.25, -0.2) is 4.99 Å². The normalized spacial score (nSPS) is 26.4. The van der Waals surface area contributed by atoms with Crippen molar-refractivity contribution in [1.29, 1.82) is 0 Å². The molecule has 2 rings (SSSR count). The van der Waals surface area contributed by atoms with Crippen LogP contribution in [0.3, 0.4) is 0 Å². The van der Waals surface area contributed by atoms with Gasteiger partial charge in [0.1, 0.15) is 11.9 Å². The zero-order valence-electron chi connectivity index (χ0n) is 6.94. The average molecular weight is 158 g/mol. The first-order valence-corrected chi connectivity index (χ1v) is 3.95. The highest BCUT2D eigenvalue weighted by atomic mass is 15.0. The molecule has 0 N–H and O–H groups in total. The van der Waals surface area contributed by atoms with Gasteiger partial charge in [0.2, 0.25) is 0 Å². The molecule has 0 aromatic heterocycles. The van der Waals surface area contributed by atoms with Crippen LogP contribution in [0.15, 0.2) is 40.3 Å². The topological polar surface area (TPSA) is 24.7 Å². The van der Waals surface area contributed by atoms with Crippen molar-refractivity contribution >= 4 is 12.6 Å². The Bertz CT molecular complexity index is 313. The first kappa shape index (κ1) is 7.22. The van der Waals surface area contributed by atoms with Gasteiger partial charge in [-0.15, -0.1) is 0 Å². The van der Waals surface area contributed by atoms with E-state index in [-0.39, 0.29) is 5.54 Å². The van der Waals surface area contributed by atoms with E-state index >= 15 is 0 Å². The Labute approximate surface area is 71.7 Å². The maximum Gasteiger partial charge on any atom is 0.120 e. The van der Waals surface area contributed by atoms with E-state index in [0.29, 0.717) is 0 Å². The van der Waals surface area contributed by atoms with Crippen LogP contribution in [0.1, 0.15) is 12.5 Å². The lowest BCUT2D eigenvalue weighted by molar-refractivity contribution is 0.711. The van der Waals surface area contributed by atoms with Crippen LogP contribution in [0.2, 0.25) is 0 Å². The van der Waals surface area contributed by atoms with Gasteiger partial charge in [-0.3, -0.25) is 4.99 Å². The Morgan fingerprint density at radius 1 is 1.17 bits per heavy atom. The van der Waals surface area contributed by atoms with Crippen LogP contribution in [0.4, 0.5) is 0 Å². The smallest absolute Gasteiger partial charge is 0.120 e. The molecule has 1 heterocycles. The van der Waals surface area contributed by atoms with Crippen LogP contribution in [0, 0.1) is 0 Å². The van der Waals surface area contributed by atoms with Crippen molar-refractivity contribution in [3.8, 4) is 0 Å². The molecule has 0 radical (unpaired) electrons. The van der Waals surface area contributed by atoms with Gasteiger partial charge < -0.3 is 0 Å². The quantitative estimate of drug-likeness (QED) is 0.597. The highest BCUT2D eigenvalue weighted by Gasteiger charge is 2.24. The third-order valence-electron chi connectivity index (χ3n) is 2.08. The molecule has 1 unspecified atom stereocenters. The average Bonchev–Trinajstić information content (AvgIpc) is 2.55. The molecular weight excluding hydrogens is 148 g/mol. The van der Waals surface area contributed by atoms with E-state index < -0.39 is 0 Å². The fourth-order valence-electron chi connectivity index (χ4n) is 1.29. The molecule has 1 aliphatic heterocycles. The monoisotopic (exact) mass is 158 g/mol. The van der Waals surface area contributed by atoms with Crippen LogP contribution >= 0.6 is 0 Å². The SMILES string of the molecule is CC1(c2ccccc2)C=NC=N1. The highest BCUT2D eigenvalue weighted by Crippen LogP contribution is 2.24. The lowest BCUT2D eigenvalue weighted by Gasteiger charge is -2.16. The van der Waals surface area contributed by atoms with Crippen molar-refractivity contribution in [2.24, 2.45) is 9.98 Å². The Hall–Kier alpha value is -1.44. The standard InChI is InChI=1S/C10H10N2/c1-10(7-11-8-12-10)9-5-3-2-4-6-9/h2-8H,1H3. The van der Waals surface area contributed by atoms with Gasteiger partial charge >= 0.3 is 0 Å². The zero-order valence-corrected chi connectivity index (χ0v) is 6.94. The molecule has 2 heteroatoms. The summed E-state index contributed by atoms with van der Waals surface area (Å²) < 4.78 is 0. The molecule has 1 atom stereocenters. The molecule has 0 spiro atoms. The fraction of sp³-hybridized carbons (Fsp3) is 0.200. The van der Waals surface area contributed by atoms with Crippen LogP contribution in [-0.2, 0) is 5.54 Å². The number of rotatable bonds is 1. The maximum atomic E-state index is 4.29. The van der Waals surface area contributed by atoms with E-state index in [2.05, 4.69) is 29.0 Å². The summed E-state index contributed by atoms with van der Waals surface area (Å²) in [6.07, 6.45) is 3.47. The molecule has 2 nitrogen and oxygen atoms in total. The van der Waals surface area contributed by atoms with Gasteiger partial charge in [0.25, 0.3) is 0 Å². The summed E-state index contributed by atoms with van der Waals surface area (Å²) in [6.45, 7) is 2.05. The second-order valence-corrected chi connectivity index (χ2v) is 3.04. The summed E-state index contributed by atoms with van der Waals surface area (Å²) in [6, 6.07) is 10.2. The van der Waals surface area contributed by atoms with Crippen LogP contribution in [0.5, 0.6) is 0 Å². The minimum Gasteiger partial charge on any atom is -0.257 e. The third-order valence-corrected chi connectivity index (χ3v) is 2.08. The van der Waals surface area contributed by atoms with Gasteiger partial charge in [-0.05, 0) is 12.5 Å². The predicted molar refractivity (Wildman–Crippen MR) is 50.8 cm³/mol. The highest BCUT2D eigenvalue weighted by molar-refractivity contribution is 5.86. The Morgan fingerprint density at radius 2 is 1.92 bits per heavy atom. The Balaban J connectivity index is 2.43. The van der Waals surface area contributed by atoms with Crippen LogP contribution < -0.4 is 0 Å². The predicted octanol–water partition coefficient (Wildman–Crippen LogP) is 2.01. The summed E-state index contributed by atoms with van der Waals surface area (Å²) in [4.78, 5) is 8.29. The molecule has 1 aliphatic rings. The minimum absolute atomic E-state index is 0.235. The first-order valence-electron chi connectivity index (χ1n) is 3.95. The number of aliphatic imine (C=N–C) groups is 2. The third kappa shape index (κ3) is 1.05. The van der Waals surface area contributed by atoms with Gasteiger partial charge in [0, 0.05) is 6.21 Å². The number of hydrogen-bond acceptors (Lipinski definition) is 2. The van der Waals surface area contributed by atoms with E-state index in [1.54, 1.807) is 6.34 Å². The van der Waals surface area contributed by atoms with Crippen molar-refractivity contribution in [1.82, 2.24) is 0 Å². The van der Waals surface area contributed by atoms with Gasteiger partial charge in [0.05, 0.1) is 0 Å². The van der Waals surface area contributed by atoms with E-state index in [1.165, 1.54) is 5.56 Å². The molecule has 0 bridgehead atoms. The molecule has 0 aliphatic carbocycles. The van der Waals surface area contributed by atoms with Crippen molar-refractivity contribution in [3.63, 3.8) is 0 Å². The summed E-state index contributed by atoms with van der Waals surface area (Å²) in [7, 11) is 0. The van der Waals surface area contributed by atoms with Crippen molar-refractivity contribution < 1.29 is 0 Å². The second kappa shape index (κ2) is 2.55. The largest absolute Gasteiger partial charge is 0.257 e. The summed E-state index contributed by atoms with van der Waals surface area (Å²) >= 11 is 0. The lowest BCUT2D eigenvalue weighted by Crippen LogP contribution is -2.17. The molecule has 0 amide bonds. The van der Waals surface area contributed by atoms with E-state index in [1.807, 2.05) is 24.4 Å². The van der Waals surface area contributed by atoms with Crippen molar-refractivity contribution in [2.45, 2.75) is 12.5 Å². The summed E-state index contributed by atoms with van der Waals surface area (Å²) in [5.74, 6) is 0. The molecule has 0 saturated carbocycles. The van der Waals surface area contributed by atoms with Crippen molar-refractivity contribution in [2.75, 3.05) is 0 Å². The molecular formula is C10H10N2. The van der Waals surface area contributed by atoms with E-state index in [0.717, 1.165) is 0 Å². The zero-order chi connectivity index (χ0) is 8.44. The number of benzene rings is 1. The van der Waals surface area contributed by atoms with Gasteiger partial charge in [0.15, 0.2) is 0 Å². The number of nitrogens with zero attached hydrogens (tertiary/aromatic N) is 2. The maximum absolute atomic E-state index is 4.29. The number of hydrogen-bond donors (Lipinski definition) is 0. The molecule has 12 heavy (non-hydrogen) atoms. The van der Waals surface area contributed by atoms with E-state index in [9.17, 15) is 0 Å². The summed E-state index contributed by atoms with van der Waals surface area (Å²) in [5, 5.41) is 0. The Morgan fingerprint density at radius 3 is 2.50 bits per heavy atom. The summed E-state index contributed by atoms with van der Waals surface area (Å²) in [5.41, 5.74) is 0.948. The molecule has 0 saturated heterocycles. The van der Waals surface area contributed by atoms with Gasteiger partial charge in [-0.2, -0.15) is 0 Å². The van der Waals surface area contributed by atoms with Gasteiger partial charge in [-0.1, -0.05) is 30.3 Å². The molecule has 1 aromatic carbocycles. The van der Waals surface area contributed by atoms with Crippen LogP contribution in [-0.4, -0.2) is 12.6 Å². The fourth-order valence-corrected chi connectivity index (χ4v) is 1.29. The minimum atomic E-state index is -0.235.